The fourth-order valence-electron chi connectivity index (χ4n) is 3.34. The van der Waals surface area contributed by atoms with Crippen molar-refractivity contribution in [2.75, 3.05) is 0 Å². The number of hydrogen-bond donors (Lipinski definition) is 1. The quantitative estimate of drug-likeness (QED) is 0.689. The second-order valence-electron chi connectivity index (χ2n) is 6.57. The fraction of sp³-hybridized carbons (Fsp3) is 0.182. The lowest BCUT2D eigenvalue weighted by atomic mass is 10.0. The second kappa shape index (κ2) is 7.37. The van der Waals surface area contributed by atoms with Crippen molar-refractivity contribution in [1.29, 1.82) is 0 Å². The van der Waals surface area contributed by atoms with Gasteiger partial charge in [0.25, 0.3) is 0 Å². The van der Waals surface area contributed by atoms with Crippen LogP contribution >= 0.6 is 11.3 Å². The molecule has 0 aliphatic carbocycles. The van der Waals surface area contributed by atoms with E-state index in [1.807, 2.05) is 55.5 Å². The van der Waals surface area contributed by atoms with E-state index >= 15 is 0 Å². The molecule has 27 heavy (non-hydrogen) atoms. The van der Waals surface area contributed by atoms with Crippen molar-refractivity contribution in [3.8, 4) is 5.88 Å². The SMILES string of the molecule is CC1=Nc2ccccc2C1=Cc1sc(=O)n(CCCc2ccccc2)c1O. The van der Waals surface area contributed by atoms with Crippen molar-refractivity contribution in [3.63, 3.8) is 0 Å². The van der Waals surface area contributed by atoms with Crippen LogP contribution in [0.1, 0.15) is 29.3 Å². The summed E-state index contributed by atoms with van der Waals surface area (Å²) < 4.78 is 1.47. The number of benzene rings is 2. The third kappa shape index (κ3) is 3.51. The molecule has 4 rings (SSSR count). The van der Waals surface area contributed by atoms with E-state index in [-0.39, 0.29) is 10.8 Å². The minimum atomic E-state index is -0.131. The maximum Gasteiger partial charge on any atom is 0.310 e. The van der Waals surface area contributed by atoms with Gasteiger partial charge in [0.2, 0.25) is 5.88 Å². The summed E-state index contributed by atoms with van der Waals surface area (Å²) in [4.78, 5) is 17.4. The van der Waals surface area contributed by atoms with Gasteiger partial charge >= 0.3 is 4.87 Å². The number of aromatic nitrogens is 1. The van der Waals surface area contributed by atoms with Crippen LogP contribution in [0.25, 0.3) is 11.6 Å². The lowest BCUT2D eigenvalue weighted by Crippen LogP contribution is -2.12. The molecule has 0 saturated heterocycles. The molecule has 1 N–H and O–H groups in total. The number of para-hydroxylation sites is 1. The van der Waals surface area contributed by atoms with E-state index in [1.54, 1.807) is 0 Å². The zero-order valence-electron chi connectivity index (χ0n) is 15.1. The van der Waals surface area contributed by atoms with E-state index in [0.29, 0.717) is 11.4 Å². The van der Waals surface area contributed by atoms with E-state index in [4.69, 9.17) is 0 Å². The first-order chi connectivity index (χ1) is 13.1. The van der Waals surface area contributed by atoms with Crippen LogP contribution < -0.4 is 4.87 Å². The fourth-order valence-corrected chi connectivity index (χ4v) is 4.19. The van der Waals surface area contributed by atoms with E-state index in [9.17, 15) is 9.90 Å². The average molecular weight is 376 g/mol. The molecule has 2 aromatic carbocycles. The van der Waals surface area contributed by atoms with Crippen molar-refractivity contribution < 1.29 is 5.11 Å². The number of aromatic hydroxyl groups is 1. The second-order valence-corrected chi connectivity index (χ2v) is 7.56. The third-order valence-electron chi connectivity index (χ3n) is 4.73. The zero-order chi connectivity index (χ0) is 18.8. The van der Waals surface area contributed by atoms with Crippen LogP contribution in [-0.4, -0.2) is 15.4 Å². The maximum absolute atomic E-state index is 12.4. The standard InChI is InChI=1S/C22H20N2O2S/c1-15-18(17-11-5-6-12-19(17)23-15)14-20-21(25)24(22(26)27-20)13-7-10-16-8-3-2-4-9-16/h2-6,8-9,11-12,14,25H,7,10,13H2,1H3. The molecule has 0 bridgehead atoms. The molecular formula is C22H20N2O2S. The Labute approximate surface area is 161 Å². The Kier molecular flexibility index (Phi) is 4.77. The summed E-state index contributed by atoms with van der Waals surface area (Å²) in [6.07, 6.45) is 3.55. The van der Waals surface area contributed by atoms with Gasteiger partial charge in [-0.3, -0.25) is 14.4 Å². The molecule has 5 heteroatoms. The third-order valence-corrected chi connectivity index (χ3v) is 5.65. The Morgan fingerprint density at radius 1 is 1.11 bits per heavy atom. The number of nitrogens with zero attached hydrogens (tertiary/aromatic N) is 2. The summed E-state index contributed by atoms with van der Waals surface area (Å²) >= 11 is 1.08. The highest BCUT2D eigenvalue weighted by Gasteiger charge is 2.19. The van der Waals surface area contributed by atoms with Crippen molar-refractivity contribution in [1.82, 2.24) is 4.57 Å². The number of hydrogen-bond acceptors (Lipinski definition) is 4. The highest BCUT2D eigenvalue weighted by atomic mass is 32.1. The summed E-state index contributed by atoms with van der Waals surface area (Å²) in [5, 5.41) is 10.6. The van der Waals surface area contributed by atoms with Gasteiger partial charge in [-0.2, -0.15) is 0 Å². The van der Waals surface area contributed by atoms with Crippen molar-refractivity contribution in [2.24, 2.45) is 4.99 Å². The van der Waals surface area contributed by atoms with Gasteiger partial charge in [-0.1, -0.05) is 59.9 Å². The molecule has 1 aliphatic rings. The molecule has 1 aromatic heterocycles. The van der Waals surface area contributed by atoms with Crippen LogP contribution in [0.3, 0.4) is 0 Å². The van der Waals surface area contributed by atoms with Crippen molar-refractivity contribution in [2.45, 2.75) is 26.3 Å². The first kappa shape index (κ1) is 17.5. The monoisotopic (exact) mass is 376 g/mol. The summed E-state index contributed by atoms with van der Waals surface area (Å²) in [5.41, 5.74) is 5.05. The van der Waals surface area contributed by atoms with Crippen LogP contribution in [0.15, 0.2) is 64.4 Å². The number of aliphatic imine (C=N–C) groups is 1. The predicted octanol–water partition coefficient (Wildman–Crippen LogP) is 4.89. The highest BCUT2D eigenvalue weighted by Crippen LogP contribution is 2.37. The zero-order valence-corrected chi connectivity index (χ0v) is 15.9. The molecule has 0 unspecified atom stereocenters. The molecule has 2 heterocycles. The van der Waals surface area contributed by atoms with Crippen LogP contribution in [0.2, 0.25) is 0 Å². The Hall–Kier alpha value is -2.92. The summed E-state index contributed by atoms with van der Waals surface area (Å²) in [5.74, 6) is 0.0442. The number of allylic oxidation sites excluding steroid dienone is 1. The largest absolute Gasteiger partial charge is 0.493 e. The maximum atomic E-state index is 12.4. The van der Waals surface area contributed by atoms with Crippen LogP contribution in [0.4, 0.5) is 5.69 Å². The van der Waals surface area contributed by atoms with Gasteiger partial charge < -0.3 is 5.11 Å². The Balaban J connectivity index is 1.57. The lowest BCUT2D eigenvalue weighted by molar-refractivity contribution is 0.408. The molecule has 136 valence electrons. The molecule has 0 spiro atoms. The van der Waals surface area contributed by atoms with E-state index in [2.05, 4.69) is 17.1 Å². The van der Waals surface area contributed by atoms with Crippen LogP contribution in [0, 0.1) is 0 Å². The molecule has 4 nitrogen and oxygen atoms in total. The average Bonchev–Trinajstić information content (AvgIpc) is 3.13. The van der Waals surface area contributed by atoms with E-state index < -0.39 is 0 Å². The van der Waals surface area contributed by atoms with Gasteiger partial charge in [0.15, 0.2) is 0 Å². The van der Waals surface area contributed by atoms with E-state index in [1.165, 1.54) is 10.1 Å². The minimum absolute atomic E-state index is 0.0442. The van der Waals surface area contributed by atoms with Crippen LogP contribution in [0.5, 0.6) is 5.88 Å². The lowest BCUT2D eigenvalue weighted by Gasteiger charge is -2.05. The van der Waals surface area contributed by atoms with Gasteiger partial charge in [0.1, 0.15) is 0 Å². The smallest absolute Gasteiger partial charge is 0.310 e. The molecule has 0 fully saturated rings. The predicted molar refractivity (Wildman–Crippen MR) is 112 cm³/mol. The Morgan fingerprint density at radius 2 is 1.85 bits per heavy atom. The van der Waals surface area contributed by atoms with Crippen LogP contribution in [-0.2, 0) is 13.0 Å². The molecule has 0 amide bonds. The van der Waals surface area contributed by atoms with Gasteiger partial charge in [-0.15, -0.1) is 0 Å². The summed E-state index contributed by atoms with van der Waals surface area (Å²) in [6, 6.07) is 18.1. The molecular weight excluding hydrogens is 356 g/mol. The van der Waals surface area contributed by atoms with Gasteiger partial charge in [-0.25, -0.2) is 0 Å². The molecule has 0 saturated carbocycles. The van der Waals surface area contributed by atoms with Crippen molar-refractivity contribution in [3.05, 3.63) is 80.3 Å². The number of thiazole rings is 1. The number of rotatable bonds is 5. The Bertz CT molecular complexity index is 1090. The first-order valence-corrected chi connectivity index (χ1v) is 9.78. The van der Waals surface area contributed by atoms with E-state index in [0.717, 1.165) is 46.7 Å². The highest BCUT2D eigenvalue weighted by molar-refractivity contribution is 7.10. The molecule has 1 aliphatic heterocycles. The van der Waals surface area contributed by atoms with Gasteiger partial charge in [0.05, 0.1) is 10.6 Å². The molecule has 3 aromatic rings. The topological polar surface area (TPSA) is 54.6 Å². The first-order valence-electron chi connectivity index (χ1n) is 8.97. The normalized spacial score (nSPS) is 14.4. The number of aryl methyl sites for hydroxylation is 1. The minimum Gasteiger partial charge on any atom is -0.493 e. The van der Waals surface area contributed by atoms with Crippen molar-refractivity contribution >= 4 is 34.4 Å². The molecule has 0 atom stereocenters. The summed E-state index contributed by atoms with van der Waals surface area (Å²) in [6.45, 7) is 2.45. The molecule has 0 radical (unpaired) electrons. The summed E-state index contributed by atoms with van der Waals surface area (Å²) in [7, 11) is 0. The van der Waals surface area contributed by atoms with Gasteiger partial charge in [-0.05, 0) is 37.5 Å². The van der Waals surface area contributed by atoms with Gasteiger partial charge in [0, 0.05) is 23.4 Å². The Morgan fingerprint density at radius 3 is 2.67 bits per heavy atom. The number of fused-ring (bicyclic) bond motifs is 1.